The molecule has 0 spiro atoms. The maximum atomic E-state index is 15.3. The monoisotopic (exact) mass is 627 g/mol. The molecule has 1 aliphatic carbocycles. The first-order valence-electron chi connectivity index (χ1n) is 14.8. The van der Waals surface area contributed by atoms with Gasteiger partial charge >= 0.3 is 6.03 Å². The fraction of sp³-hybridized carbons (Fsp3) is 0.452. The predicted molar refractivity (Wildman–Crippen MR) is 168 cm³/mol. The third-order valence-corrected chi connectivity index (χ3v) is 10.1. The van der Waals surface area contributed by atoms with Gasteiger partial charge in [-0.1, -0.05) is 12.1 Å². The molecule has 1 atom stereocenters. The lowest BCUT2D eigenvalue weighted by atomic mass is 9.91. The molecule has 2 aliphatic rings. The number of rotatable bonds is 9. The molecule has 10 nitrogen and oxygen atoms in total. The number of aromatic nitrogens is 2. The Hall–Kier alpha value is -3.84. The third kappa shape index (κ3) is 6.63. The van der Waals surface area contributed by atoms with E-state index in [-0.39, 0.29) is 36.0 Å². The second-order valence-corrected chi connectivity index (χ2v) is 14.0. The van der Waals surface area contributed by atoms with Crippen molar-refractivity contribution in [1.82, 2.24) is 14.9 Å². The zero-order chi connectivity index (χ0) is 31.8. The molecule has 2 heterocycles. The Labute approximate surface area is 257 Å². The minimum Gasteiger partial charge on any atom is -0.351 e. The summed E-state index contributed by atoms with van der Waals surface area (Å²) in [5.41, 5.74) is 1.07. The van der Waals surface area contributed by atoms with E-state index in [9.17, 15) is 17.6 Å². The number of sulfonamides is 1. The second-order valence-electron chi connectivity index (χ2n) is 12.0. The van der Waals surface area contributed by atoms with Crippen LogP contribution in [-0.2, 0) is 16.6 Å². The average Bonchev–Trinajstić information content (AvgIpc) is 2.98. The van der Waals surface area contributed by atoms with Crippen LogP contribution >= 0.6 is 0 Å². The van der Waals surface area contributed by atoms with Crippen molar-refractivity contribution >= 4 is 39.2 Å². The lowest BCUT2D eigenvalue weighted by Gasteiger charge is -2.38. The number of urea groups is 1. The number of hydrogen-bond donors (Lipinski definition) is 2. The number of hydrogen-bond acceptors (Lipinski definition) is 7. The molecule has 0 saturated heterocycles. The van der Waals surface area contributed by atoms with Crippen LogP contribution in [-0.4, -0.2) is 61.5 Å². The molecule has 2 N–H and O–H groups in total. The van der Waals surface area contributed by atoms with Crippen molar-refractivity contribution in [3.8, 4) is 0 Å². The molecule has 0 unspecified atom stereocenters. The van der Waals surface area contributed by atoms with Crippen molar-refractivity contribution in [2.24, 2.45) is 0 Å². The van der Waals surface area contributed by atoms with Crippen LogP contribution in [0, 0.1) is 11.6 Å². The van der Waals surface area contributed by atoms with E-state index in [1.165, 1.54) is 48.2 Å². The van der Waals surface area contributed by atoms with Gasteiger partial charge in [-0.2, -0.15) is 4.98 Å². The number of carbonyl (C=O) groups excluding carboxylic acids is 1. The van der Waals surface area contributed by atoms with E-state index in [1.807, 2.05) is 13.8 Å². The SMILES string of the molecule is CC(C)N1C(=O)N(c2ccc(NS(=O)(=O)[C@@H](C)c3ccc(F)cc3)c(F)c2)Cc2cnc(NC3CCC(N(C)C)CC3)nc21. The highest BCUT2D eigenvalue weighted by Crippen LogP contribution is 2.35. The van der Waals surface area contributed by atoms with E-state index in [0.717, 1.165) is 31.7 Å². The first kappa shape index (κ1) is 31.6. The van der Waals surface area contributed by atoms with Crippen molar-refractivity contribution in [1.29, 1.82) is 0 Å². The van der Waals surface area contributed by atoms with Gasteiger partial charge in [0.25, 0.3) is 0 Å². The average molecular weight is 628 g/mol. The normalized spacial score (nSPS) is 19.7. The molecule has 0 bridgehead atoms. The second kappa shape index (κ2) is 12.6. The Morgan fingerprint density at radius 3 is 2.30 bits per heavy atom. The first-order valence-corrected chi connectivity index (χ1v) is 16.3. The van der Waals surface area contributed by atoms with E-state index >= 15 is 4.39 Å². The highest BCUT2D eigenvalue weighted by Gasteiger charge is 2.35. The van der Waals surface area contributed by atoms with E-state index in [4.69, 9.17) is 4.98 Å². The molecule has 1 saturated carbocycles. The van der Waals surface area contributed by atoms with Crippen molar-refractivity contribution in [2.45, 2.75) is 76.4 Å². The number of halogens is 2. The first-order chi connectivity index (χ1) is 20.8. The Balaban J connectivity index is 1.33. The summed E-state index contributed by atoms with van der Waals surface area (Å²) in [6, 6.07) is 9.20. The zero-order valence-electron chi connectivity index (χ0n) is 25.6. The van der Waals surface area contributed by atoms with Gasteiger partial charge in [-0.05, 0) is 96.4 Å². The number of amides is 2. The molecule has 236 valence electrons. The topological polar surface area (TPSA) is 111 Å². The van der Waals surface area contributed by atoms with Gasteiger partial charge in [0.2, 0.25) is 16.0 Å². The number of anilines is 4. The molecular weight excluding hydrogens is 588 g/mol. The molecule has 44 heavy (non-hydrogen) atoms. The summed E-state index contributed by atoms with van der Waals surface area (Å²) < 4.78 is 56.8. The lowest BCUT2D eigenvalue weighted by Crippen LogP contribution is -2.51. The number of carbonyl (C=O) groups is 1. The number of nitrogens with zero attached hydrogens (tertiary/aromatic N) is 5. The number of nitrogens with one attached hydrogen (secondary N) is 2. The number of benzene rings is 2. The van der Waals surface area contributed by atoms with Gasteiger partial charge in [0.05, 0.1) is 12.2 Å². The van der Waals surface area contributed by atoms with E-state index < -0.39 is 26.9 Å². The summed E-state index contributed by atoms with van der Waals surface area (Å²) in [7, 11) is 0.153. The summed E-state index contributed by atoms with van der Waals surface area (Å²) in [6.07, 6.45) is 5.89. The van der Waals surface area contributed by atoms with Crippen LogP contribution in [0.2, 0.25) is 0 Å². The molecule has 3 aromatic rings. The van der Waals surface area contributed by atoms with E-state index in [1.54, 1.807) is 11.1 Å². The minimum atomic E-state index is -4.06. The van der Waals surface area contributed by atoms with Crippen LogP contribution in [0.25, 0.3) is 0 Å². The van der Waals surface area contributed by atoms with Crippen molar-refractivity contribution < 1.29 is 22.0 Å². The molecule has 13 heteroatoms. The van der Waals surface area contributed by atoms with Crippen LogP contribution in [0.3, 0.4) is 0 Å². The molecule has 0 radical (unpaired) electrons. The fourth-order valence-electron chi connectivity index (χ4n) is 5.74. The molecule has 1 fully saturated rings. The van der Waals surface area contributed by atoms with Crippen LogP contribution < -0.4 is 19.8 Å². The highest BCUT2D eigenvalue weighted by molar-refractivity contribution is 7.92. The molecular formula is C31H39F2N7O3S. The van der Waals surface area contributed by atoms with Crippen LogP contribution in [0.4, 0.5) is 36.7 Å². The van der Waals surface area contributed by atoms with Crippen molar-refractivity contribution in [3.63, 3.8) is 0 Å². The van der Waals surface area contributed by atoms with Crippen LogP contribution in [0.5, 0.6) is 0 Å². The molecule has 2 amide bonds. The Morgan fingerprint density at radius 2 is 1.68 bits per heavy atom. The summed E-state index contributed by atoms with van der Waals surface area (Å²) in [4.78, 5) is 28.2. The lowest BCUT2D eigenvalue weighted by molar-refractivity contribution is 0.221. The summed E-state index contributed by atoms with van der Waals surface area (Å²) >= 11 is 0. The van der Waals surface area contributed by atoms with E-state index in [2.05, 4.69) is 34.0 Å². The van der Waals surface area contributed by atoms with Crippen LogP contribution in [0.15, 0.2) is 48.7 Å². The van der Waals surface area contributed by atoms with Gasteiger partial charge < -0.3 is 10.2 Å². The van der Waals surface area contributed by atoms with Gasteiger partial charge in [-0.3, -0.25) is 14.5 Å². The third-order valence-electron chi connectivity index (χ3n) is 8.43. The summed E-state index contributed by atoms with van der Waals surface area (Å²) in [6.45, 7) is 5.32. The standard InChI is InChI=1S/C31H39F2N7O3S/c1-19(2)40-29-22(17-34-30(36-29)35-24-10-12-25(13-11-24)38(4)5)18-39(31(40)41)26-14-15-28(27(33)16-26)37-44(42,43)20(3)21-6-8-23(32)9-7-21/h6-9,14-17,19-20,24-25,37H,10-13,18H2,1-5H3,(H,34,35,36)/t20-,24?,25?/m0/s1. The minimum absolute atomic E-state index is 0.123. The Morgan fingerprint density at radius 1 is 1.00 bits per heavy atom. The van der Waals surface area contributed by atoms with Gasteiger partial charge in [-0.15, -0.1) is 0 Å². The summed E-state index contributed by atoms with van der Waals surface area (Å²) in [5.74, 6) is -0.339. The van der Waals surface area contributed by atoms with Crippen molar-refractivity contribution in [3.05, 3.63) is 71.4 Å². The number of fused-ring (bicyclic) bond motifs is 1. The molecule has 1 aliphatic heterocycles. The maximum absolute atomic E-state index is 15.3. The van der Waals surface area contributed by atoms with E-state index in [0.29, 0.717) is 28.9 Å². The Kier molecular flexibility index (Phi) is 9.07. The smallest absolute Gasteiger partial charge is 0.330 e. The molecule has 2 aromatic carbocycles. The quantitative estimate of drug-likeness (QED) is 0.304. The fourth-order valence-corrected chi connectivity index (χ4v) is 6.91. The summed E-state index contributed by atoms with van der Waals surface area (Å²) in [5, 5.41) is 2.39. The maximum Gasteiger partial charge on any atom is 0.330 e. The largest absolute Gasteiger partial charge is 0.351 e. The predicted octanol–water partition coefficient (Wildman–Crippen LogP) is 5.90. The molecule has 5 rings (SSSR count). The zero-order valence-corrected chi connectivity index (χ0v) is 26.4. The van der Waals surface area contributed by atoms with Crippen molar-refractivity contribution in [2.75, 3.05) is 33.9 Å². The highest BCUT2D eigenvalue weighted by atomic mass is 32.2. The van der Waals surface area contributed by atoms with Gasteiger partial charge in [0.1, 0.15) is 22.7 Å². The molecule has 1 aromatic heterocycles. The van der Waals surface area contributed by atoms with Gasteiger partial charge in [0.15, 0.2) is 0 Å². The van der Waals surface area contributed by atoms with Gasteiger partial charge in [-0.25, -0.2) is 27.0 Å². The van der Waals surface area contributed by atoms with Gasteiger partial charge in [0, 0.05) is 35.6 Å². The van der Waals surface area contributed by atoms with Crippen LogP contribution in [0.1, 0.15) is 62.8 Å². The Bertz CT molecular complexity index is 1610.